The summed E-state index contributed by atoms with van der Waals surface area (Å²) in [7, 11) is -1.31. The zero-order valence-electron chi connectivity index (χ0n) is 13.4. The van der Waals surface area contributed by atoms with Crippen LogP contribution >= 0.6 is 7.60 Å². The molecule has 11 heteroatoms. The van der Waals surface area contributed by atoms with Crippen LogP contribution in [0.1, 0.15) is 12.6 Å². The molecule has 0 amide bonds. The Balaban J connectivity index is 2.23. The van der Waals surface area contributed by atoms with Crippen LogP contribution in [0.4, 0.5) is 0 Å². The highest BCUT2D eigenvalue weighted by Crippen LogP contribution is 2.55. The minimum atomic E-state index is -4.19. The smallest absolute Gasteiger partial charge is 0.330 e. The number of H-pyrrole nitrogens is 1. The van der Waals surface area contributed by atoms with Gasteiger partial charge in [-0.3, -0.25) is 18.9 Å². The molecular weight excluding hydrogens is 343 g/mol. The van der Waals surface area contributed by atoms with Crippen LogP contribution in [0.3, 0.4) is 0 Å². The lowest BCUT2D eigenvalue weighted by molar-refractivity contribution is -0.129. The molecule has 0 spiro atoms. The van der Waals surface area contributed by atoms with E-state index in [1.807, 2.05) is 0 Å². The number of nitrogens with one attached hydrogen (secondary N) is 1. The van der Waals surface area contributed by atoms with E-state index < -0.39 is 36.6 Å². The summed E-state index contributed by atoms with van der Waals surface area (Å²) < 4.78 is 28.5. The Kier molecular flexibility index (Phi) is 5.79. The first kappa shape index (κ1) is 19.0. The molecule has 0 saturated heterocycles. The molecule has 1 unspecified atom stereocenters. The molecule has 1 aromatic rings. The van der Waals surface area contributed by atoms with Crippen LogP contribution in [-0.4, -0.2) is 58.5 Å². The fourth-order valence-corrected chi connectivity index (χ4v) is 3.75. The summed E-state index contributed by atoms with van der Waals surface area (Å²) in [6.45, 7) is 0.135. The van der Waals surface area contributed by atoms with E-state index in [-0.39, 0.29) is 19.4 Å². The summed E-state index contributed by atoms with van der Waals surface area (Å²) in [5.41, 5.74) is -2.11. The Morgan fingerprint density at radius 3 is 2.67 bits per heavy atom. The Bertz CT molecular complexity index is 725. The van der Waals surface area contributed by atoms with Crippen molar-refractivity contribution in [3.05, 3.63) is 33.1 Å². The molecule has 1 aliphatic carbocycles. The predicted octanol–water partition coefficient (Wildman–Crippen LogP) is -0.719. The molecule has 1 heterocycles. The van der Waals surface area contributed by atoms with Gasteiger partial charge in [0.2, 0.25) is 0 Å². The SMILES string of the molecule is COC[C@@H](O[C@]1(COC)CC1CP(=O)(O)O)n1ccc(=O)[nH]c1=O. The summed E-state index contributed by atoms with van der Waals surface area (Å²) in [6, 6.07) is 1.18. The molecule has 24 heavy (non-hydrogen) atoms. The number of nitrogens with zero attached hydrogens (tertiary/aromatic N) is 1. The first-order chi connectivity index (χ1) is 11.2. The van der Waals surface area contributed by atoms with Crippen LogP contribution in [0, 0.1) is 5.92 Å². The standard InChI is InChI=1S/C13H21N2O8P/c1-21-6-11(15-4-3-10(16)14-12(15)17)23-13(8-22-2)5-9(13)7-24(18,19)20/h3-4,9,11H,5-8H2,1-2H3,(H,14,16,17)(H2,18,19,20)/t9?,11-,13+/m1/s1. The van der Waals surface area contributed by atoms with Gasteiger partial charge in [-0.25, -0.2) is 4.79 Å². The molecule has 3 N–H and O–H groups in total. The first-order valence-corrected chi connectivity index (χ1v) is 9.02. The van der Waals surface area contributed by atoms with Crippen molar-refractivity contribution < 1.29 is 28.6 Å². The van der Waals surface area contributed by atoms with Crippen LogP contribution in [0.25, 0.3) is 0 Å². The average Bonchev–Trinajstić information content (AvgIpc) is 3.08. The van der Waals surface area contributed by atoms with Crippen LogP contribution in [0.5, 0.6) is 0 Å². The molecular formula is C13H21N2O8P. The molecule has 1 aromatic heterocycles. The van der Waals surface area contributed by atoms with Crippen LogP contribution in [0.2, 0.25) is 0 Å². The largest absolute Gasteiger partial charge is 0.382 e. The van der Waals surface area contributed by atoms with Gasteiger partial charge in [0.15, 0.2) is 6.23 Å². The van der Waals surface area contributed by atoms with E-state index in [0.29, 0.717) is 6.42 Å². The molecule has 1 fully saturated rings. The monoisotopic (exact) mass is 364 g/mol. The van der Waals surface area contributed by atoms with Crippen LogP contribution in [0.15, 0.2) is 21.9 Å². The quantitative estimate of drug-likeness (QED) is 0.488. The van der Waals surface area contributed by atoms with E-state index >= 15 is 0 Å². The van der Waals surface area contributed by atoms with Gasteiger partial charge in [-0.15, -0.1) is 0 Å². The lowest BCUT2D eigenvalue weighted by Crippen LogP contribution is -2.38. The number of methoxy groups -OCH3 is 2. The fourth-order valence-electron chi connectivity index (χ4n) is 2.71. The third kappa shape index (κ3) is 4.62. The zero-order chi connectivity index (χ0) is 18.0. The van der Waals surface area contributed by atoms with Crippen molar-refractivity contribution in [2.45, 2.75) is 18.2 Å². The zero-order valence-corrected chi connectivity index (χ0v) is 14.3. The van der Waals surface area contributed by atoms with Gasteiger partial charge in [-0.2, -0.15) is 0 Å². The Morgan fingerprint density at radius 1 is 1.42 bits per heavy atom. The Morgan fingerprint density at radius 2 is 2.12 bits per heavy atom. The molecule has 1 aliphatic rings. The summed E-state index contributed by atoms with van der Waals surface area (Å²) in [5.74, 6) is -0.392. The van der Waals surface area contributed by atoms with Crippen molar-refractivity contribution in [3.63, 3.8) is 0 Å². The second-order valence-corrected chi connectivity index (χ2v) is 7.49. The van der Waals surface area contributed by atoms with E-state index in [2.05, 4.69) is 4.98 Å². The number of hydrogen-bond acceptors (Lipinski definition) is 6. The number of aromatic amines is 1. The van der Waals surface area contributed by atoms with Gasteiger partial charge < -0.3 is 24.0 Å². The molecule has 136 valence electrons. The maximum absolute atomic E-state index is 11.9. The third-order valence-corrected chi connectivity index (χ3v) is 4.78. The maximum Gasteiger partial charge on any atom is 0.330 e. The second kappa shape index (κ2) is 7.30. The van der Waals surface area contributed by atoms with Crippen molar-refractivity contribution in [2.75, 3.05) is 33.6 Å². The highest BCUT2D eigenvalue weighted by Gasteiger charge is 2.58. The molecule has 0 bridgehead atoms. The molecule has 10 nitrogen and oxygen atoms in total. The topological polar surface area (TPSA) is 140 Å². The highest BCUT2D eigenvalue weighted by atomic mass is 31.2. The minimum Gasteiger partial charge on any atom is -0.382 e. The van der Waals surface area contributed by atoms with Gasteiger partial charge in [-0.1, -0.05) is 0 Å². The lowest BCUT2D eigenvalue weighted by Gasteiger charge is -2.26. The van der Waals surface area contributed by atoms with E-state index in [0.717, 1.165) is 4.57 Å². The normalized spacial score (nSPS) is 24.8. The Hall–Kier alpha value is -1.29. The number of ether oxygens (including phenoxy) is 3. The summed E-state index contributed by atoms with van der Waals surface area (Å²) >= 11 is 0. The molecule has 2 rings (SSSR count). The first-order valence-electron chi connectivity index (χ1n) is 7.22. The van der Waals surface area contributed by atoms with E-state index in [4.69, 9.17) is 24.0 Å². The van der Waals surface area contributed by atoms with Crippen LogP contribution in [-0.2, 0) is 18.8 Å². The van der Waals surface area contributed by atoms with Gasteiger partial charge in [0, 0.05) is 32.4 Å². The summed E-state index contributed by atoms with van der Waals surface area (Å²) in [5, 5.41) is 0. The van der Waals surface area contributed by atoms with Crippen molar-refractivity contribution in [3.8, 4) is 0 Å². The van der Waals surface area contributed by atoms with Gasteiger partial charge in [0.05, 0.1) is 25.0 Å². The number of hydrogen-bond donors (Lipinski definition) is 3. The van der Waals surface area contributed by atoms with Gasteiger partial charge in [0.1, 0.15) is 0 Å². The molecule has 0 aromatic carbocycles. The molecule has 1 saturated carbocycles. The van der Waals surface area contributed by atoms with E-state index in [1.165, 1.54) is 26.5 Å². The summed E-state index contributed by atoms with van der Waals surface area (Å²) in [6.07, 6.45) is 0.489. The van der Waals surface area contributed by atoms with Gasteiger partial charge >= 0.3 is 13.3 Å². The van der Waals surface area contributed by atoms with E-state index in [1.54, 1.807) is 0 Å². The molecule has 0 aliphatic heterocycles. The Labute approximate surface area is 137 Å². The van der Waals surface area contributed by atoms with Crippen molar-refractivity contribution in [2.24, 2.45) is 5.92 Å². The maximum atomic E-state index is 11.9. The molecule has 0 radical (unpaired) electrons. The fraction of sp³-hybridized carbons (Fsp3) is 0.692. The predicted molar refractivity (Wildman–Crippen MR) is 82.9 cm³/mol. The van der Waals surface area contributed by atoms with Crippen molar-refractivity contribution >= 4 is 7.60 Å². The van der Waals surface area contributed by atoms with Crippen molar-refractivity contribution in [1.29, 1.82) is 0 Å². The highest BCUT2D eigenvalue weighted by molar-refractivity contribution is 7.51. The average molecular weight is 364 g/mol. The lowest BCUT2D eigenvalue weighted by atomic mass is 10.3. The summed E-state index contributed by atoms with van der Waals surface area (Å²) in [4.78, 5) is 43.6. The number of aromatic nitrogens is 2. The van der Waals surface area contributed by atoms with Gasteiger partial charge in [0.25, 0.3) is 5.56 Å². The third-order valence-electron chi connectivity index (χ3n) is 3.86. The second-order valence-electron chi connectivity index (χ2n) is 5.79. The van der Waals surface area contributed by atoms with Gasteiger partial charge in [-0.05, 0) is 6.42 Å². The van der Waals surface area contributed by atoms with Crippen molar-refractivity contribution in [1.82, 2.24) is 9.55 Å². The minimum absolute atomic E-state index is 0.0139. The molecule has 3 atom stereocenters. The van der Waals surface area contributed by atoms with Crippen LogP contribution < -0.4 is 11.2 Å². The number of rotatable bonds is 9. The van der Waals surface area contributed by atoms with E-state index in [9.17, 15) is 14.2 Å².